The Morgan fingerprint density at radius 2 is 2.00 bits per heavy atom. The third-order valence-corrected chi connectivity index (χ3v) is 2.77. The molecule has 0 saturated carbocycles. The minimum atomic E-state index is -0.579. The minimum absolute atomic E-state index is 0.118. The Hall–Kier alpha value is -1.39. The van der Waals surface area contributed by atoms with Crippen LogP contribution in [0.1, 0.15) is 30.9 Å². The van der Waals surface area contributed by atoms with Crippen LogP contribution in [0.15, 0.2) is 30.3 Å². The molecule has 0 aliphatic heterocycles. The average molecular weight is 250 g/mol. The Morgan fingerprint density at radius 1 is 1.28 bits per heavy atom. The number of nitrogens with two attached hydrogens (primary N) is 1. The highest BCUT2D eigenvalue weighted by Crippen LogP contribution is 2.09. The maximum absolute atomic E-state index is 11.8. The van der Waals surface area contributed by atoms with Crippen molar-refractivity contribution in [2.75, 3.05) is 20.3 Å². The number of carbonyl (C=O) groups excluding carboxylic acids is 1. The van der Waals surface area contributed by atoms with Crippen molar-refractivity contribution in [3.8, 4) is 0 Å². The first-order valence-corrected chi connectivity index (χ1v) is 6.33. The van der Waals surface area contributed by atoms with Gasteiger partial charge in [-0.2, -0.15) is 0 Å². The Balaban J connectivity index is 2.20. The molecule has 0 spiro atoms. The summed E-state index contributed by atoms with van der Waals surface area (Å²) in [5.74, 6) is -0.118. The van der Waals surface area contributed by atoms with Gasteiger partial charge < -0.3 is 15.8 Å². The van der Waals surface area contributed by atoms with Crippen LogP contribution in [-0.2, 0) is 9.53 Å². The Labute approximate surface area is 109 Å². The van der Waals surface area contributed by atoms with Gasteiger partial charge in [-0.25, -0.2) is 0 Å². The number of hydrogen-bond acceptors (Lipinski definition) is 3. The van der Waals surface area contributed by atoms with Crippen LogP contribution in [0.4, 0.5) is 0 Å². The lowest BCUT2D eigenvalue weighted by molar-refractivity contribution is -0.122. The van der Waals surface area contributed by atoms with Crippen LogP contribution in [0.25, 0.3) is 0 Å². The lowest BCUT2D eigenvalue weighted by Crippen LogP contribution is -2.34. The topological polar surface area (TPSA) is 64.3 Å². The van der Waals surface area contributed by atoms with E-state index in [4.69, 9.17) is 10.5 Å². The van der Waals surface area contributed by atoms with Gasteiger partial charge in [0.15, 0.2) is 0 Å². The maximum atomic E-state index is 11.8. The first kappa shape index (κ1) is 14.7. The van der Waals surface area contributed by atoms with Gasteiger partial charge >= 0.3 is 0 Å². The number of unbranched alkanes of at least 4 members (excludes halogenated alkanes) is 2. The molecular formula is C14H22N2O2. The molecule has 100 valence electrons. The number of amides is 1. The van der Waals surface area contributed by atoms with Crippen LogP contribution in [-0.4, -0.2) is 26.2 Å². The summed E-state index contributed by atoms with van der Waals surface area (Å²) in [5, 5.41) is 2.85. The molecule has 0 heterocycles. The lowest BCUT2D eigenvalue weighted by Gasteiger charge is -2.12. The van der Waals surface area contributed by atoms with E-state index in [0.29, 0.717) is 6.54 Å². The van der Waals surface area contributed by atoms with Gasteiger partial charge in [-0.15, -0.1) is 0 Å². The van der Waals surface area contributed by atoms with E-state index in [2.05, 4.69) is 5.32 Å². The van der Waals surface area contributed by atoms with Gasteiger partial charge in [-0.3, -0.25) is 4.79 Å². The zero-order valence-corrected chi connectivity index (χ0v) is 10.9. The molecule has 0 bridgehead atoms. The smallest absolute Gasteiger partial charge is 0.241 e. The standard InChI is InChI=1S/C14H22N2O2/c1-18-11-7-3-6-10-16-14(17)13(15)12-8-4-2-5-9-12/h2,4-5,8-9,13H,3,6-7,10-11,15H2,1H3,(H,16,17)/t13-/m0/s1. The summed E-state index contributed by atoms with van der Waals surface area (Å²) in [6.45, 7) is 1.44. The molecular weight excluding hydrogens is 228 g/mol. The molecule has 1 atom stereocenters. The molecule has 18 heavy (non-hydrogen) atoms. The van der Waals surface area contributed by atoms with E-state index in [1.54, 1.807) is 7.11 Å². The van der Waals surface area contributed by atoms with E-state index in [9.17, 15) is 4.79 Å². The lowest BCUT2D eigenvalue weighted by atomic mass is 10.1. The number of benzene rings is 1. The first-order valence-electron chi connectivity index (χ1n) is 6.33. The molecule has 1 amide bonds. The average Bonchev–Trinajstić information content (AvgIpc) is 2.42. The largest absolute Gasteiger partial charge is 0.385 e. The fourth-order valence-electron chi connectivity index (χ4n) is 1.68. The Morgan fingerprint density at radius 3 is 2.67 bits per heavy atom. The summed E-state index contributed by atoms with van der Waals surface area (Å²) >= 11 is 0. The van der Waals surface area contributed by atoms with Crippen LogP contribution < -0.4 is 11.1 Å². The van der Waals surface area contributed by atoms with Crippen molar-refractivity contribution in [1.29, 1.82) is 0 Å². The number of methoxy groups -OCH3 is 1. The molecule has 4 nitrogen and oxygen atoms in total. The van der Waals surface area contributed by atoms with Crippen LogP contribution in [0.5, 0.6) is 0 Å². The van der Waals surface area contributed by atoms with Crippen LogP contribution in [0.2, 0.25) is 0 Å². The zero-order chi connectivity index (χ0) is 13.2. The second kappa shape index (κ2) is 8.66. The summed E-state index contributed by atoms with van der Waals surface area (Å²) in [5.41, 5.74) is 6.71. The number of ether oxygens (including phenoxy) is 1. The van der Waals surface area contributed by atoms with E-state index in [1.807, 2.05) is 30.3 Å². The van der Waals surface area contributed by atoms with Crippen molar-refractivity contribution in [2.45, 2.75) is 25.3 Å². The van der Waals surface area contributed by atoms with Crippen LogP contribution in [0, 0.1) is 0 Å². The normalized spacial score (nSPS) is 12.1. The van der Waals surface area contributed by atoms with Crippen molar-refractivity contribution < 1.29 is 9.53 Å². The minimum Gasteiger partial charge on any atom is -0.385 e. The van der Waals surface area contributed by atoms with E-state index in [0.717, 1.165) is 31.4 Å². The summed E-state index contributed by atoms with van der Waals surface area (Å²) in [6, 6.07) is 8.82. The summed E-state index contributed by atoms with van der Waals surface area (Å²) in [7, 11) is 1.70. The van der Waals surface area contributed by atoms with Gasteiger partial charge in [0.2, 0.25) is 5.91 Å². The molecule has 1 rings (SSSR count). The number of rotatable bonds is 8. The summed E-state index contributed by atoms with van der Waals surface area (Å²) in [6.07, 6.45) is 3.03. The third-order valence-electron chi connectivity index (χ3n) is 2.77. The predicted octanol–water partition coefficient (Wildman–Crippen LogP) is 1.62. The fraction of sp³-hybridized carbons (Fsp3) is 0.500. The zero-order valence-electron chi connectivity index (χ0n) is 10.9. The molecule has 4 heteroatoms. The Bertz CT molecular complexity index is 341. The summed E-state index contributed by atoms with van der Waals surface area (Å²) in [4.78, 5) is 11.8. The van der Waals surface area contributed by atoms with Gasteiger partial charge in [0.25, 0.3) is 0 Å². The van der Waals surface area contributed by atoms with Gasteiger partial charge in [0.05, 0.1) is 0 Å². The molecule has 0 aliphatic carbocycles. The molecule has 0 unspecified atom stereocenters. The van der Waals surface area contributed by atoms with Crippen molar-refractivity contribution in [3.63, 3.8) is 0 Å². The molecule has 0 aromatic heterocycles. The molecule has 1 aromatic carbocycles. The fourth-order valence-corrected chi connectivity index (χ4v) is 1.68. The van der Waals surface area contributed by atoms with Crippen molar-refractivity contribution in [1.82, 2.24) is 5.32 Å². The molecule has 3 N–H and O–H groups in total. The Kier molecular flexibility index (Phi) is 7.06. The highest BCUT2D eigenvalue weighted by atomic mass is 16.5. The van der Waals surface area contributed by atoms with Gasteiger partial charge in [0.1, 0.15) is 6.04 Å². The van der Waals surface area contributed by atoms with Crippen molar-refractivity contribution in [2.24, 2.45) is 5.73 Å². The number of hydrogen-bond donors (Lipinski definition) is 2. The van der Waals surface area contributed by atoms with Crippen molar-refractivity contribution in [3.05, 3.63) is 35.9 Å². The van der Waals surface area contributed by atoms with Gasteiger partial charge in [-0.1, -0.05) is 30.3 Å². The molecule has 0 saturated heterocycles. The summed E-state index contributed by atoms with van der Waals surface area (Å²) < 4.78 is 4.96. The van der Waals surface area contributed by atoms with E-state index >= 15 is 0 Å². The quantitative estimate of drug-likeness (QED) is 0.689. The highest BCUT2D eigenvalue weighted by Gasteiger charge is 2.14. The van der Waals surface area contributed by atoms with Crippen LogP contribution >= 0.6 is 0 Å². The predicted molar refractivity (Wildman–Crippen MR) is 72.1 cm³/mol. The number of nitrogens with one attached hydrogen (secondary N) is 1. The SMILES string of the molecule is COCCCCCNC(=O)[C@@H](N)c1ccccc1. The molecule has 0 fully saturated rings. The number of carbonyl (C=O) groups is 1. The van der Waals surface area contributed by atoms with E-state index in [-0.39, 0.29) is 5.91 Å². The van der Waals surface area contributed by atoms with Gasteiger partial charge in [-0.05, 0) is 24.8 Å². The molecule has 0 aliphatic rings. The van der Waals surface area contributed by atoms with E-state index in [1.165, 1.54) is 0 Å². The maximum Gasteiger partial charge on any atom is 0.241 e. The third kappa shape index (κ3) is 5.29. The highest BCUT2D eigenvalue weighted by molar-refractivity contribution is 5.82. The van der Waals surface area contributed by atoms with Crippen LogP contribution in [0.3, 0.4) is 0 Å². The molecule has 1 aromatic rings. The van der Waals surface area contributed by atoms with Crippen molar-refractivity contribution >= 4 is 5.91 Å². The molecule has 0 radical (unpaired) electrons. The second-order valence-electron chi connectivity index (χ2n) is 4.23. The second-order valence-corrected chi connectivity index (χ2v) is 4.23. The van der Waals surface area contributed by atoms with Gasteiger partial charge in [0, 0.05) is 20.3 Å². The van der Waals surface area contributed by atoms with E-state index < -0.39 is 6.04 Å². The monoisotopic (exact) mass is 250 g/mol. The first-order chi connectivity index (χ1) is 8.75.